The first-order valence-corrected chi connectivity index (χ1v) is 21.0. The van der Waals surface area contributed by atoms with Crippen molar-refractivity contribution in [3.63, 3.8) is 0 Å². The molecule has 8 rings (SSSR count). The van der Waals surface area contributed by atoms with Crippen molar-refractivity contribution in [2.45, 2.75) is 113 Å². The summed E-state index contributed by atoms with van der Waals surface area (Å²) in [7, 11) is 2.76. The van der Waals surface area contributed by atoms with Crippen LogP contribution >= 0.6 is 0 Å². The van der Waals surface area contributed by atoms with Crippen LogP contribution in [0.5, 0.6) is 0 Å². The van der Waals surface area contributed by atoms with Gasteiger partial charge in [0.15, 0.2) is 5.78 Å². The zero-order valence-electron chi connectivity index (χ0n) is 34.5. The zero-order valence-corrected chi connectivity index (χ0v) is 34.5. The molecule has 304 valence electrons. The average Bonchev–Trinajstić information content (AvgIpc) is 3.25. The zero-order chi connectivity index (χ0) is 41.3. The lowest BCUT2D eigenvalue weighted by Crippen LogP contribution is -2.52. The van der Waals surface area contributed by atoms with Crippen molar-refractivity contribution in [2.75, 3.05) is 14.2 Å². The Morgan fingerprint density at radius 2 is 1.07 bits per heavy atom. The second-order valence-corrected chi connectivity index (χ2v) is 17.5. The maximum absolute atomic E-state index is 13.1. The molecule has 2 N–H and O–H groups in total. The van der Waals surface area contributed by atoms with E-state index in [1.165, 1.54) is 30.9 Å². The lowest BCUT2D eigenvalue weighted by Gasteiger charge is -2.54. The van der Waals surface area contributed by atoms with E-state index in [0.29, 0.717) is 41.9 Å². The summed E-state index contributed by atoms with van der Waals surface area (Å²) >= 11 is 0. The van der Waals surface area contributed by atoms with Crippen LogP contribution in [0, 0.1) is 11.8 Å². The highest BCUT2D eigenvalue weighted by molar-refractivity contribution is 6.02. The van der Waals surface area contributed by atoms with Crippen LogP contribution in [0.3, 0.4) is 0 Å². The van der Waals surface area contributed by atoms with Gasteiger partial charge in [-0.15, -0.1) is 0 Å². The number of fused-ring (bicyclic) bond motifs is 6. The van der Waals surface area contributed by atoms with Gasteiger partial charge in [-0.25, -0.2) is 9.59 Å². The van der Waals surface area contributed by atoms with E-state index in [0.717, 1.165) is 74.5 Å². The number of benzene rings is 4. The second-order valence-electron chi connectivity index (χ2n) is 17.5. The molecule has 0 spiro atoms. The number of esters is 2. The number of ketones is 1. The van der Waals surface area contributed by atoms with Crippen LogP contribution in [0.4, 0.5) is 0 Å². The Balaban J connectivity index is 0.000000177. The van der Waals surface area contributed by atoms with Gasteiger partial charge >= 0.3 is 11.9 Å². The van der Waals surface area contributed by atoms with Gasteiger partial charge < -0.3 is 19.7 Å². The molecule has 7 nitrogen and oxygen atoms in total. The maximum Gasteiger partial charge on any atom is 0.337 e. The Hall–Kier alpha value is -4.85. The fourth-order valence-corrected chi connectivity index (χ4v) is 11.0. The molecule has 4 aromatic carbocycles. The Morgan fingerprint density at radius 3 is 1.52 bits per heavy atom. The first-order valence-electron chi connectivity index (χ1n) is 21.0. The van der Waals surface area contributed by atoms with E-state index in [2.05, 4.69) is 62.0 Å². The van der Waals surface area contributed by atoms with Crippen LogP contribution in [0.2, 0.25) is 0 Å². The summed E-state index contributed by atoms with van der Waals surface area (Å²) in [5.74, 6) is -0.261. The number of methoxy groups -OCH3 is 2. The van der Waals surface area contributed by atoms with Crippen LogP contribution in [-0.2, 0) is 33.1 Å². The number of aliphatic hydroxyl groups is 2. The summed E-state index contributed by atoms with van der Waals surface area (Å²) in [6.07, 6.45) is 9.25. The van der Waals surface area contributed by atoms with Crippen LogP contribution in [0.1, 0.15) is 137 Å². The third kappa shape index (κ3) is 7.71. The van der Waals surface area contributed by atoms with Gasteiger partial charge in [-0.3, -0.25) is 4.79 Å². The Labute approximate surface area is 343 Å². The maximum atomic E-state index is 13.1. The molecule has 0 unspecified atom stereocenters. The van der Waals surface area contributed by atoms with Gasteiger partial charge in [-0.05, 0) is 140 Å². The number of Topliss-reactive ketones (excluding diaryl/α,β-unsaturated/α-hetero) is 1. The summed E-state index contributed by atoms with van der Waals surface area (Å²) in [5, 5.41) is 22.1. The smallest absolute Gasteiger partial charge is 0.337 e. The number of hydrogen-bond donors (Lipinski definition) is 2. The van der Waals surface area contributed by atoms with Crippen molar-refractivity contribution >= 4 is 23.3 Å². The highest BCUT2D eigenvalue weighted by Gasteiger charge is 2.54. The summed E-state index contributed by atoms with van der Waals surface area (Å²) in [6.45, 7) is 8.45. The van der Waals surface area contributed by atoms with E-state index in [1.54, 1.807) is 12.1 Å². The molecule has 2 saturated carbocycles. The van der Waals surface area contributed by atoms with E-state index in [-0.39, 0.29) is 28.5 Å². The molecule has 6 atom stereocenters. The van der Waals surface area contributed by atoms with Gasteiger partial charge in [0.05, 0.1) is 36.5 Å². The normalized spacial score (nSPS) is 28.4. The Morgan fingerprint density at radius 1 is 0.638 bits per heavy atom. The van der Waals surface area contributed by atoms with Crippen molar-refractivity contribution in [2.24, 2.45) is 11.8 Å². The molecule has 2 fully saturated rings. The van der Waals surface area contributed by atoms with Crippen LogP contribution in [-0.4, -0.2) is 53.4 Å². The number of allylic oxidation sites excluding steroid dienone is 1. The third-order valence-corrected chi connectivity index (χ3v) is 14.5. The van der Waals surface area contributed by atoms with Crippen molar-refractivity contribution in [1.82, 2.24) is 0 Å². The van der Waals surface area contributed by atoms with Crippen LogP contribution < -0.4 is 0 Å². The monoisotopic (exact) mass is 782 g/mol. The molecule has 0 saturated heterocycles. The molecule has 0 radical (unpaired) electrons. The summed E-state index contributed by atoms with van der Waals surface area (Å²) < 4.78 is 9.78. The summed E-state index contributed by atoms with van der Waals surface area (Å²) in [6, 6.07) is 32.3. The summed E-state index contributed by atoms with van der Waals surface area (Å²) in [5.41, 5.74) is 7.06. The van der Waals surface area contributed by atoms with Gasteiger partial charge in [0.25, 0.3) is 0 Å². The minimum absolute atomic E-state index is 0.0477. The standard InChI is InChI=1S/C26H30O3.C25H28O4/c1-4-25(28)12-13-26(16-19-8-6-5-7-9-19)21(17-25)14-18(2)22-15-20(24(27)29-3)10-11-23(22)26;1-3-24(28)11-12-25(15-17-7-5-4-6-8-17)19(16-24)14-22(26)20-13-18(23(27)29-2)9-10-21(20)25/h5-11,15,21,28H,2,4,12-14,16-17H2,1,3H3;4-10,13,19,28H,3,11-12,14-16H2,1-2H3/t21-,25+,26-;19-,24+,25-/m00/s1. The number of carbonyl (C=O) groups excluding carboxylic acids is 3. The highest BCUT2D eigenvalue weighted by Crippen LogP contribution is 2.58. The van der Waals surface area contributed by atoms with Gasteiger partial charge in [0.1, 0.15) is 0 Å². The molecule has 4 aromatic rings. The Kier molecular flexibility index (Phi) is 11.7. The average molecular weight is 783 g/mol. The van der Waals surface area contributed by atoms with Gasteiger partial charge in [0.2, 0.25) is 0 Å². The molecule has 0 heterocycles. The van der Waals surface area contributed by atoms with Crippen molar-refractivity contribution in [3.8, 4) is 0 Å². The molecule has 0 amide bonds. The molecule has 0 aliphatic heterocycles. The number of ether oxygens (including phenoxy) is 2. The van der Waals surface area contributed by atoms with Gasteiger partial charge in [-0.2, -0.15) is 0 Å². The van der Waals surface area contributed by atoms with E-state index < -0.39 is 17.2 Å². The molecule has 7 heteroatoms. The lowest BCUT2D eigenvalue weighted by molar-refractivity contribution is -0.0503. The summed E-state index contributed by atoms with van der Waals surface area (Å²) in [4.78, 5) is 37.2. The number of hydrogen-bond acceptors (Lipinski definition) is 7. The SMILES string of the molecule is C=C1C[C@H]2C[C@@](O)(CC)CC[C@@]2(Cc2ccccc2)c2ccc(C(=O)OC)cc21.CC[C@@]1(O)CC[C@@]2(Cc3ccccc3)c3ccc(C(=O)OC)cc3C(=O)C[C@H]2C1. The van der Waals surface area contributed by atoms with Crippen molar-refractivity contribution in [3.05, 3.63) is 148 Å². The second kappa shape index (κ2) is 16.4. The fourth-order valence-electron chi connectivity index (χ4n) is 11.0. The molecule has 58 heavy (non-hydrogen) atoms. The minimum Gasteiger partial charge on any atom is -0.465 e. The molecule has 0 aromatic heterocycles. The van der Waals surface area contributed by atoms with E-state index >= 15 is 0 Å². The van der Waals surface area contributed by atoms with E-state index in [9.17, 15) is 24.6 Å². The number of carbonyl (C=O) groups is 3. The first kappa shape index (κ1) is 41.3. The fraction of sp³-hybridized carbons (Fsp3) is 0.431. The van der Waals surface area contributed by atoms with E-state index in [1.807, 2.05) is 43.3 Å². The van der Waals surface area contributed by atoms with E-state index in [4.69, 9.17) is 9.47 Å². The topological polar surface area (TPSA) is 110 Å². The quantitative estimate of drug-likeness (QED) is 0.171. The lowest BCUT2D eigenvalue weighted by atomic mass is 9.51. The largest absolute Gasteiger partial charge is 0.465 e. The van der Waals surface area contributed by atoms with Crippen molar-refractivity contribution in [1.29, 1.82) is 0 Å². The van der Waals surface area contributed by atoms with Crippen LogP contribution in [0.15, 0.2) is 104 Å². The van der Waals surface area contributed by atoms with Crippen LogP contribution in [0.25, 0.3) is 5.57 Å². The highest BCUT2D eigenvalue weighted by atomic mass is 16.5. The van der Waals surface area contributed by atoms with Gasteiger partial charge in [0, 0.05) is 22.8 Å². The predicted molar refractivity (Wildman–Crippen MR) is 227 cm³/mol. The molecular formula is C51H58O7. The molecular weight excluding hydrogens is 725 g/mol. The predicted octanol–water partition coefficient (Wildman–Crippen LogP) is 9.79. The molecule has 4 aliphatic rings. The number of rotatable bonds is 8. The molecule has 0 bridgehead atoms. The Bertz CT molecular complexity index is 2020. The van der Waals surface area contributed by atoms with Crippen molar-refractivity contribution < 1.29 is 34.1 Å². The first-order chi connectivity index (χ1) is 27.8. The van der Waals surface area contributed by atoms with Gasteiger partial charge in [-0.1, -0.05) is 93.2 Å². The molecule has 4 aliphatic carbocycles. The minimum atomic E-state index is -0.700. The third-order valence-electron chi connectivity index (χ3n) is 14.5.